The summed E-state index contributed by atoms with van der Waals surface area (Å²) in [6.45, 7) is 7.12. The molecule has 1 heterocycles. The number of pyridine rings is 1. The molecule has 0 bridgehead atoms. The second kappa shape index (κ2) is 8.14. The molecule has 0 aliphatic carbocycles. The molecule has 2 aromatic rings. The van der Waals surface area contributed by atoms with Gasteiger partial charge >= 0.3 is 0 Å². The molecule has 0 aliphatic heterocycles. The molecule has 0 radical (unpaired) electrons. The molecule has 5 nitrogen and oxygen atoms in total. The summed E-state index contributed by atoms with van der Waals surface area (Å²) in [5.41, 5.74) is 3.17. The molecule has 1 N–H and O–H groups in total. The Balaban J connectivity index is 2.58. The summed E-state index contributed by atoms with van der Waals surface area (Å²) in [6, 6.07) is 3.66. The van der Waals surface area contributed by atoms with Crippen molar-refractivity contribution in [1.29, 1.82) is 0 Å². The first-order valence-electron chi connectivity index (χ1n) is 8.35. The second-order valence-electron chi connectivity index (χ2n) is 5.95. The van der Waals surface area contributed by atoms with E-state index in [2.05, 4.69) is 5.32 Å². The third kappa shape index (κ3) is 3.60. The Labute approximate surface area is 163 Å². The Hall–Kier alpha value is -1.98. The van der Waals surface area contributed by atoms with Crippen LogP contribution in [0.25, 0.3) is 0 Å². The van der Waals surface area contributed by atoms with E-state index in [0.29, 0.717) is 34.0 Å². The minimum Gasteiger partial charge on any atom is -0.618 e. The highest BCUT2D eigenvalue weighted by Crippen LogP contribution is 2.33. The number of hydrogen-bond acceptors (Lipinski definition) is 3. The van der Waals surface area contributed by atoms with Crippen LogP contribution in [0.1, 0.15) is 46.7 Å². The molecular formula is C19H22Cl2N2O3. The van der Waals surface area contributed by atoms with E-state index in [0.717, 1.165) is 11.1 Å². The Kier molecular flexibility index (Phi) is 6.37. The number of nitrogens with one attached hydrogen (secondary N) is 1. The van der Waals surface area contributed by atoms with Crippen LogP contribution in [0.3, 0.4) is 0 Å². The van der Waals surface area contributed by atoms with Crippen LogP contribution in [0.4, 0.5) is 5.69 Å². The van der Waals surface area contributed by atoms with Gasteiger partial charge in [0.25, 0.3) is 5.91 Å². The summed E-state index contributed by atoms with van der Waals surface area (Å²) in [6.07, 6.45) is 1.41. The molecule has 0 aliphatic rings. The maximum Gasteiger partial charge on any atom is 0.263 e. The number of nitrogens with zero attached hydrogens (tertiary/aromatic N) is 1. The van der Waals surface area contributed by atoms with Crippen molar-refractivity contribution in [2.45, 2.75) is 40.5 Å². The molecule has 0 unspecified atom stereocenters. The molecule has 26 heavy (non-hydrogen) atoms. The largest absolute Gasteiger partial charge is 0.618 e. The van der Waals surface area contributed by atoms with Crippen molar-refractivity contribution in [3.63, 3.8) is 0 Å². The first kappa shape index (κ1) is 20.3. The van der Waals surface area contributed by atoms with Crippen molar-refractivity contribution in [2.24, 2.45) is 0 Å². The molecule has 140 valence electrons. The summed E-state index contributed by atoms with van der Waals surface area (Å²) in [5.74, 6) is -0.262. The van der Waals surface area contributed by atoms with Crippen molar-refractivity contribution in [1.82, 2.24) is 0 Å². The molecule has 0 saturated heterocycles. The van der Waals surface area contributed by atoms with Gasteiger partial charge in [0.2, 0.25) is 17.1 Å². The van der Waals surface area contributed by atoms with Crippen LogP contribution in [-0.4, -0.2) is 13.0 Å². The smallest absolute Gasteiger partial charge is 0.263 e. The predicted octanol–water partition coefficient (Wildman–Crippen LogP) is 4.63. The summed E-state index contributed by atoms with van der Waals surface area (Å²) < 4.78 is 5.86. The predicted molar refractivity (Wildman–Crippen MR) is 105 cm³/mol. The van der Waals surface area contributed by atoms with Gasteiger partial charge in [-0.05, 0) is 36.1 Å². The van der Waals surface area contributed by atoms with E-state index in [-0.39, 0.29) is 22.0 Å². The Morgan fingerprint density at radius 3 is 2.15 bits per heavy atom. The van der Waals surface area contributed by atoms with Gasteiger partial charge in [-0.2, -0.15) is 4.73 Å². The monoisotopic (exact) mass is 396 g/mol. The zero-order valence-electron chi connectivity index (χ0n) is 15.5. The third-order valence-corrected chi connectivity index (χ3v) is 5.00. The van der Waals surface area contributed by atoms with Gasteiger partial charge in [0, 0.05) is 24.6 Å². The number of rotatable bonds is 5. The van der Waals surface area contributed by atoms with Crippen molar-refractivity contribution in [3.05, 3.63) is 55.5 Å². The second-order valence-corrected chi connectivity index (χ2v) is 6.76. The molecule has 7 heteroatoms. The van der Waals surface area contributed by atoms with Gasteiger partial charge in [-0.1, -0.05) is 37.0 Å². The van der Waals surface area contributed by atoms with Crippen molar-refractivity contribution in [3.8, 4) is 5.75 Å². The quantitative estimate of drug-likeness (QED) is 0.591. The Bertz CT molecular complexity index is 842. The van der Waals surface area contributed by atoms with Crippen LogP contribution >= 0.6 is 23.2 Å². The van der Waals surface area contributed by atoms with Gasteiger partial charge in [-0.25, -0.2) is 0 Å². The normalized spacial score (nSPS) is 10.7. The first-order valence-corrected chi connectivity index (χ1v) is 9.11. The molecule has 1 aromatic carbocycles. The lowest BCUT2D eigenvalue weighted by atomic mass is 10.0. The number of anilines is 1. The number of amides is 1. The molecule has 0 saturated carbocycles. The van der Waals surface area contributed by atoms with E-state index in [1.807, 2.05) is 26.0 Å². The number of benzene rings is 1. The number of hydrogen-bond donors (Lipinski definition) is 1. The van der Waals surface area contributed by atoms with Crippen LogP contribution in [-0.2, 0) is 12.8 Å². The van der Waals surface area contributed by atoms with E-state index in [1.165, 1.54) is 7.11 Å². The average molecular weight is 397 g/mol. The molecule has 0 spiro atoms. The highest BCUT2D eigenvalue weighted by molar-refractivity contribution is 6.36. The van der Waals surface area contributed by atoms with E-state index >= 15 is 0 Å². The maximum absolute atomic E-state index is 13.0. The topological polar surface area (TPSA) is 65.3 Å². The van der Waals surface area contributed by atoms with Crippen LogP contribution in [0.5, 0.6) is 5.75 Å². The van der Waals surface area contributed by atoms with Gasteiger partial charge in [-0.15, -0.1) is 0 Å². The van der Waals surface area contributed by atoms with Crippen molar-refractivity contribution in [2.75, 3.05) is 12.4 Å². The van der Waals surface area contributed by atoms with Crippen molar-refractivity contribution < 1.29 is 14.3 Å². The molecule has 2 rings (SSSR count). The van der Waals surface area contributed by atoms with Gasteiger partial charge in [-0.3, -0.25) is 4.79 Å². The van der Waals surface area contributed by atoms with E-state index in [4.69, 9.17) is 27.9 Å². The summed E-state index contributed by atoms with van der Waals surface area (Å²) in [4.78, 5) is 13.0. The van der Waals surface area contributed by atoms with Crippen LogP contribution in [0.2, 0.25) is 10.0 Å². The SMILES string of the molecule is CCc1cc(Cl)cc(CC)c1NC(=O)c1c(Cl)c(OC)c(C)[n+]([O-])c1C. The van der Waals surface area contributed by atoms with Crippen molar-refractivity contribution >= 4 is 34.8 Å². The van der Waals surface area contributed by atoms with E-state index < -0.39 is 5.91 Å². The highest BCUT2D eigenvalue weighted by Gasteiger charge is 2.28. The minimum absolute atomic E-state index is 0.100. The fourth-order valence-corrected chi connectivity index (χ4v) is 3.70. The first-order chi connectivity index (χ1) is 12.3. The standard InChI is InChI=1S/C19H22Cl2N2O3/c1-6-12-8-14(20)9-13(7-2)17(12)22-19(24)15-10(3)23(25)11(4)18(26-5)16(15)21/h8-9H,6-7H2,1-5H3,(H,22,24). The number of aromatic nitrogens is 1. The fraction of sp³-hybridized carbons (Fsp3) is 0.368. The molecule has 0 fully saturated rings. The van der Waals surface area contributed by atoms with Gasteiger partial charge in [0.1, 0.15) is 10.6 Å². The molecular weight excluding hydrogens is 375 g/mol. The molecule has 0 atom stereocenters. The zero-order valence-corrected chi connectivity index (χ0v) is 17.0. The maximum atomic E-state index is 13.0. The summed E-state index contributed by atoms with van der Waals surface area (Å²) >= 11 is 12.5. The Morgan fingerprint density at radius 1 is 1.15 bits per heavy atom. The number of carbonyl (C=O) groups excluding carboxylic acids is 1. The lowest BCUT2D eigenvalue weighted by Crippen LogP contribution is -2.37. The van der Waals surface area contributed by atoms with Gasteiger partial charge < -0.3 is 15.3 Å². The van der Waals surface area contributed by atoms with Gasteiger partial charge in [0.05, 0.1) is 7.11 Å². The van der Waals surface area contributed by atoms with E-state index in [1.54, 1.807) is 13.8 Å². The van der Waals surface area contributed by atoms with Crippen LogP contribution in [0.15, 0.2) is 12.1 Å². The summed E-state index contributed by atoms with van der Waals surface area (Å²) in [7, 11) is 1.41. The number of aryl methyl sites for hydroxylation is 2. The number of methoxy groups -OCH3 is 1. The lowest BCUT2D eigenvalue weighted by molar-refractivity contribution is -0.619. The van der Waals surface area contributed by atoms with Crippen LogP contribution < -0.4 is 14.8 Å². The van der Waals surface area contributed by atoms with Gasteiger partial charge in [0.15, 0.2) is 0 Å². The average Bonchev–Trinajstić information content (AvgIpc) is 2.61. The molecule has 1 amide bonds. The van der Waals surface area contributed by atoms with Crippen LogP contribution in [0, 0.1) is 19.1 Å². The zero-order chi connectivity index (χ0) is 19.6. The minimum atomic E-state index is -0.456. The lowest BCUT2D eigenvalue weighted by Gasteiger charge is -2.18. The Morgan fingerprint density at radius 2 is 1.69 bits per heavy atom. The number of carbonyl (C=O) groups is 1. The number of halogens is 2. The summed E-state index contributed by atoms with van der Waals surface area (Å²) in [5, 5.41) is 16.0. The number of ether oxygens (including phenoxy) is 1. The third-order valence-electron chi connectivity index (χ3n) is 4.42. The molecule has 1 aromatic heterocycles. The fourth-order valence-electron chi connectivity index (χ4n) is 3.00. The van der Waals surface area contributed by atoms with E-state index in [9.17, 15) is 10.0 Å². The highest BCUT2D eigenvalue weighted by atomic mass is 35.5.